The van der Waals surface area contributed by atoms with Gasteiger partial charge < -0.3 is 5.32 Å². The molecule has 1 N–H and O–H groups in total. The first kappa shape index (κ1) is 15.2. The number of anilines is 1. The Morgan fingerprint density at radius 1 is 1.55 bits per heavy atom. The number of nitrogens with zero attached hydrogens (tertiary/aromatic N) is 2. The summed E-state index contributed by atoms with van der Waals surface area (Å²) >= 11 is 3.19. The Morgan fingerprint density at radius 2 is 2.36 bits per heavy atom. The summed E-state index contributed by atoms with van der Waals surface area (Å²) in [6.07, 6.45) is 5.05. The smallest absolute Gasteiger partial charge is 0.246 e. The van der Waals surface area contributed by atoms with Crippen LogP contribution in [-0.4, -0.2) is 15.7 Å². The number of halogens is 2. The van der Waals surface area contributed by atoms with Gasteiger partial charge in [-0.3, -0.25) is 9.48 Å². The van der Waals surface area contributed by atoms with E-state index in [1.165, 1.54) is 17.7 Å². The summed E-state index contributed by atoms with van der Waals surface area (Å²) < 4.78 is 16.0. The van der Waals surface area contributed by atoms with E-state index in [9.17, 15) is 9.18 Å². The van der Waals surface area contributed by atoms with Gasteiger partial charge in [0, 0.05) is 10.7 Å². The van der Waals surface area contributed by atoms with Crippen LogP contribution in [0.2, 0.25) is 0 Å². The van der Waals surface area contributed by atoms with Crippen molar-refractivity contribution in [2.45, 2.75) is 32.7 Å². The monoisotopic (exact) mass is 365 g/mol. The predicted octanol–water partition coefficient (Wildman–Crippen LogP) is 3.55. The lowest BCUT2D eigenvalue weighted by Gasteiger charge is -2.15. The number of nitrogens with one attached hydrogen (secondary N) is 1. The third-order valence-electron chi connectivity index (χ3n) is 3.88. The zero-order chi connectivity index (χ0) is 15.7. The van der Waals surface area contributed by atoms with E-state index in [4.69, 9.17) is 0 Å². The van der Waals surface area contributed by atoms with Crippen molar-refractivity contribution >= 4 is 27.5 Å². The van der Waals surface area contributed by atoms with E-state index in [0.717, 1.165) is 25.0 Å². The minimum absolute atomic E-state index is 0.0941. The normalized spacial score (nSPS) is 17.1. The van der Waals surface area contributed by atoms with Crippen LogP contribution in [0, 0.1) is 11.7 Å². The lowest BCUT2D eigenvalue weighted by Crippen LogP contribution is -2.19. The molecule has 0 saturated carbocycles. The van der Waals surface area contributed by atoms with Crippen LogP contribution in [0.3, 0.4) is 0 Å². The van der Waals surface area contributed by atoms with Gasteiger partial charge >= 0.3 is 0 Å². The number of aromatic nitrogens is 2. The first-order valence-electron chi connectivity index (χ1n) is 7.31. The summed E-state index contributed by atoms with van der Waals surface area (Å²) in [5.74, 6) is -0.0822. The van der Waals surface area contributed by atoms with Gasteiger partial charge in [0.25, 0.3) is 0 Å². The van der Waals surface area contributed by atoms with Gasteiger partial charge in [0.15, 0.2) is 0 Å². The number of rotatable bonds is 3. The molecule has 1 aromatic carbocycles. The molecule has 1 heterocycles. The maximum atomic E-state index is 13.7. The maximum Gasteiger partial charge on any atom is 0.246 e. The molecule has 1 aromatic heterocycles. The van der Waals surface area contributed by atoms with Gasteiger partial charge in [-0.05, 0) is 48.9 Å². The fraction of sp³-hybridized carbons (Fsp3) is 0.375. The molecule has 2 aromatic rings. The van der Waals surface area contributed by atoms with E-state index in [1.54, 1.807) is 10.7 Å². The number of benzene rings is 1. The maximum absolute atomic E-state index is 13.7. The van der Waals surface area contributed by atoms with Crippen molar-refractivity contribution in [3.05, 3.63) is 45.9 Å². The molecule has 4 nitrogen and oxygen atoms in total. The molecule has 0 saturated heterocycles. The Labute approximate surface area is 136 Å². The zero-order valence-electron chi connectivity index (χ0n) is 12.3. The van der Waals surface area contributed by atoms with Gasteiger partial charge in [-0.25, -0.2) is 4.39 Å². The first-order chi connectivity index (χ1) is 10.5. The molecule has 0 radical (unpaired) electrons. The SMILES string of the molecule is C[C@@H]1CCc2nn(CC(=O)Nc3ccc(Br)cc3F)cc2C1. The predicted molar refractivity (Wildman–Crippen MR) is 86.1 cm³/mol. The van der Waals surface area contributed by atoms with Crippen molar-refractivity contribution in [1.82, 2.24) is 9.78 Å². The van der Waals surface area contributed by atoms with Crippen molar-refractivity contribution in [1.29, 1.82) is 0 Å². The summed E-state index contributed by atoms with van der Waals surface area (Å²) in [5.41, 5.74) is 2.49. The van der Waals surface area contributed by atoms with Gasteiger partial charge in [0.05, 0.1) is 11.4 Å². The van der Waals surface area contributed by atoms with Crippen molar-refractivity contribution in [2.75, 3.05) is 5.32 Å². The third-order valence-corrected chi connectivity index (χ3v) is 4.37. The molecule has 1 atom stereocenters. The highest BCUT2D eigenvalue weighted by atomic mass is 79.9. The Bertz CT molecular complexity index is 713. The number of amides is 1. The van der Waals surface area contributed by atoms with Crippen molar-refractivity contribution in [2.24, 2.45) is 5.92 Å². The number of hydrogen-bond donors (Lipinski definition) is 1. The molecule has 0 bridgehead atoms. The molecular weight excluding hydrogens is 349 g/mol. The Morgan fingerprint density at radius 3 is 3.14 bits per heavy atom. The molecular formula is C16H17BrFN3O. The Balaban J connectivity index is 1.67. The fourth-order valence-electron chi connectivity index (χ4n) is 2.75. The quantitative estimate of drug-likeness (QED) is 0.903. The summed E-state index contributed by atoms with van der Waals surface area (Å²) in [6.45, 7) is 2.32. The largest absolute Gasteiger partial charge is 0.322 e. The standard InChI is InChI=1S/C16H17BrFN3O/c1-10-2-4-14-11(6-10)8-21(20-14)9-16(22)19-15-5-3-12(17)7-13(15)18/h3,5,7-8,10H,2,4,6,9H2,1H3,(H,19,22)/t10-/m1/s1. The average Bonchev–Trinajstić information content (AvgIpc) is 2.83. The van der Waals surface area contributed by atoms with Crippen LogP contribution < -0.4 is 5.32 Å². The van der Waals surface area contributed by atoms with Gasteiger partial charge in [-0.15, -0.1) is 0 Å². The molecule has 22 heavy (non-hydrogen) atoms. The van der Waals surface area contributed by atoms with Crippen LogP contribution in [-0.2, 0) is 24.2 Å². The number of hydrogen-bond acceptors (Lipinski definition) is 2. The van der Waals surface area contributed by atoms with E-state index in [2.05, 4.69) is 33.3 Å². The first-order valence-corrected chi connectivity index (χ1v) is 8.10. The minimum Gasteiger partial charge on any atom is -0.322 e. The highest BCUT2D eigenvalue weighted by molar-refractivity contribution is 9.10. The summed E-state index contributed by atoms with van der Waals surface area (Å²) in [6, 6.07) is 4.55. The molecule has 1 amide bonds. The highest BCUT2D eigenvalue weighted by Gasteiger charge is 2.19. The van der Waals surface area contributed by atoms with Gasteiger partial charge in [-0.1, -0.05) is 22.9 Å². The van der Waals surface area contributed by atoms with Crippen LogP contribution >= 0.6 is 15.9 Å². The molecule has 0 aliphatic heterocycles. The molecule has 0 fully saturated rings. The summed E-state index contributed by atoms with van der Waals surface area (Å²) in [7, 11) is 0. The van der Waals surface area contributed by atoms with E-state index in [0.29, 0.717) is 10.4 Å². The van der Waals surface area contributed by atoms with Crippen molar-refractivity contribution < 1.29 is 9.18 Å². The van der Waals surface area contributed by atoms with E-state index >= 15 is 0 Å². The topological polar surface area (TPSA) is 46.9 Å². The molecule has 1 aliphatic rings. The van der Waals surface area contributed by atoms with E-state index in [-0.39, 0.29) is 18.1 Å². The zero-order valence-corrected chi connectivity index (χ0v) is 13.9. The van der Waals surface area contributed by atoms with Crippen LogP contribution in [0.25, 0.3) is 0 Å². The number of carbonyl (C=O) groups excluding carboxylic acids is 1. The Kier molecular flexibility index (Phi) is 4.29. The molecule has 116 valence electrons. The molecule has 1 aliphatic carbocycles. The molecule has 3 rings (SSSR count). The van der Waals surface area contributed by atoms with Crippen molar-refractivity contribution in [3.63, 3.8) is 0 Å². The Hall–Kier alpha value is -1.69. The lowest BCUT2D eigenvalue weighted by atomic mass is 9.89. The summed E-state index contributed by atoms with van der Waals surface area (Å²) in [4.78, 5) is 12.0. The average molecular weight is 366 g/mol. The van der Waals surface area contributed by atoms with E-state index < -0.39 is 5.82 Å². The second-order valence-electron chi connectivity index (χ2n) is 5.82. The van der Waals surface area contributed by atoms with Crippen LogP contribution in [0.5, 0.6) is 0 Å². The minimum atomic E-state index is -0.462. The second kappa shape index (κ2) is 6.20. The lowest BCUT2D eigenvalue weighted by molar-refractivity contribution is -0.116. The number of fused-ring (bicyclic) bond motifs is 1. The molecule has 0 unspecified atom stereocenters. The van der Waals surface area contributed by atoms with E-state index in [1.807, 2.05) is 6.20 Å². The molecule has 6 heteroatoms. The number of aryl methyl sites for hydroxylation is 1. The van der Waals surface area contributed by atoms with Gasteiger partial charge in [-0.2, -0.15) is 5.10 Å². The highest BCUT2D eigenvalue weighted by Crippen LogP contribution is 2.24. The van der Waals surface area contributed by atoms with Crippen molar-refractivity contribution in [3.8, 4) is 0 Å². The van der Waals surface area contributed by atoms with Gasteiger partial charge in [0.1, 0.15) is 12.4 Å². The van der Waals surface area contributed by atoms with Crippen LogP contribution in [0.15, 0.2) is 28.9 Å². The number of carbonyl (C=O) groups is 1. The molecule has 0 spiro atoms. The van der Waals surface area contributed by atoms with Gasteiger partial charge in [0.2, 0.25) is 5.91 Å². The van der Waals surface area contributed by atoms with Crippen LogP contribution in [0.4, 0.5) is 10.1 Å². The second-order valence-corrected chi connectivity index (χ2v) is 6.73. The van der Waals surface area contributed by atoms with Crippen LogP contribution in [0.1, 0.15) is 24.6 Å². The summed E-state index contributed by atoms with van der Waals surface area (Å²) in [5, 5.41) is 7.04. The fourth-order valence-corrected chi connectivity index (χ4v) is 3.09. The third kappa shape index (κ3) is 3.38.